The minimum atomic E-state index is 0.179. The summed E-state index contributed by atoms with van der Waals surface area (Å²) in [4.78, 5) is 0. The third-order valence-electron chi connectivity index (χ3n) is 5.59. The molecule has 0 radical (unpaired) electrons. The molecule has 0 saturated heterocycles. The van der Waals surface area contributed by atoms with Crippen molar-refractivity contribution < 1.29 is 4.74 Å². The number of hydrogen-bond donors (Lipinski definition) is 0. The van der Waals surface area contributed by atoms with E-state index >= 15 is 0 Å². The maximum Gasteiger partial charge on any atom is 0.0631 e. The van der Waals surface area contributed by atoms with Crippen LogP contribution in [0.5, 0.6) is 0 Å². The van der Waals surface area contributed by atoms with Gasteiger partial charge in [0.1, 0.15) is 0 Å². The third-order valence-corrected chi connectivity index (χ3v) is 7.11. The molecular formula is C21H43BrO. The number of ether oxygens (including phenoxy) is 1. The molecule has 0 spiro atoms. The summed E-state index contributed by atoms with van der Waals surface area (Å²) in [5.74, 6) is 0. The molecule has 1 unspecified atom stereocenters. The lowest BCUT2D eigenvalue weighted by Crippen LogP contribution is -2.43. The van der Waals surface area contributed by atoms with Gasteiger partial charge in [0.15, 0.2) is 0 Å². The van der Waals surface area contributed by atoms with Crippen LogP contribution in [0.2, 0.25) is 0 Å². The van der Waals surface area contributed by atoms with Gasteiger partial charge in [-0.1, -0.05) is 110 Å². The largest absolute Gasteiger partial charge is 0.377 e. The predicted octanol–water partition coefficient (Wildman–Crippen LogP) is 7.62. The number of rotatable bonds is 12. The van der Waals surface area contributed by atoms with Gasteiger partial charge in [-0.2, -0.15) is 0 Å². The van der Waals surface area contributed by atoms with Crippen molar-refractivity contribution in [1.82, 2.24) is 0 Å². The Morgan fingerprint density at radius 2 is 1.35 bits per heavy atom. The minimum Gasteiger partial charge on any atom is -0.377 e. The maximum atomic E-state index is 6.49. The maximum absolute atomic E-state index is 6.49. The van der Waals surface area contributed by atoms with Crippen molar-refractivity contribution in [1.29, 1.82) is 0 Å². The van der Waals surface area contributed by atoms with Crippen molar-refractivity contribution in [2.45, 2.75) is 106 Å². The Hall–Kier alpha value is 0.440. The van der Waals surface area contributed by atoms with Crippen LogP contribution < -0.4 is 0 Å². The van der Waals surface area contributed by atoms with Crippen LogP contribution in [-0.4, -0.2) is 18.0 Å². The van der Waals surface area contributed by atoms with Gasteiger partial charge >= 0.3 is 0 Å². The van der Waals surface area contributed by atoms with E-state index in [1.165, 1.54) is 44.9 Å². The highest BCUT2D eigenvalue weighted by molar-refractivity contribution is 9.09. The molecule has 0 aliphatic rings. The Kier molecular flexibility index (Phi) is 10.6. The third kappa shape index (κ3) is 8.91. The lowest BCUT2D eigenvalue weighted by atomic mass is 9.65. The van der Waals surface area contributed by atoms with Gasteiger partial charge in [0.2, 0.25) is 0 Å². The molecule has 0 aromatic carbocycles. The number of hydrogen-bond acceptors (Lipinski definition) is 1. The summed E-state index contributed by atoms with van der Waals surface area (Å²) in [7, 11) is 0. The summed E-state index contributed by atoms with van der Waals surface area (Å²) in [5.41, 5.74) is 0.630. The molecule has 1 nitrogen and oxygen atoms in total. The van der Waals surface area contributed by atoms with Gasteiger partial charge in [-0.05, 0) is 22.7 Å². The zero-order valence-electron chi connectivity index (χ0n) is 17.2. The normalized spacial score (nSPS) is 15.0. The Morgan fingerprint density at radius 1 is 0.826 bits per heavy atom. The van der Waals surface area contributed by atoms with E-state index < -0.39 is 0 Å². The van der Waals surface area contributed by atoms with Gasteiger partial charge in [-0.15, -0.1) is 0 Å². The lowest BCUT2D eigenvalue weighted by molar-refractivity contribution is -0.0976. The van der Waals surface area contributed by atoms with Crippen LogP contribution in [0.3, 0.4) is 0 Å². The van der Waals surface area contributed by atoms with E-state index in [1.807, 2.05) is 0 Å². The zero-order chi connectivity index (χ0) is 18.1. The Bertz CT molecular complexity index is 301. The second-order valence-electron chi connectivity index (χ2n) is 9.63. The molecule has 1 atom stereocenters. The SMILES string of the molecule is CCCCCCCCC(OCC(C)(C)CBr)C(C)(C)C(C)(C)C. The van der Waals surface area contributed by atoms with E-state index in [0.717, 1.165) is 11.9 Å². The summed E-state index contributed by atoms with van der Waals surface area (Å²) in [6.07, 6.45) is 9.65. The van der Waals surface area contributed by atoms with Gasteiger partial charge in [0.05, 0.1) is 12.7 Å². The zero-order valence-corrected chi connectivity index (χ0v) is 18.8. The summed E-state index contributed by atoms with van der Waals surface area (Å²) >= 11 is 3.62. The monoisotopic (exact) mass is 390 g/mol. The van der Waals surface area contributed by atoms with Crippen molar-refractivity contribution in [2.75, 3.05) is 11.9 Å². The summed E-state index contributed by atoms with van der Waals surface area (Å²) in [6, 6.07) is 0. The smallest absolute Gasteiger partial charge is 0.0631 e. The highest BCUT2D eigenvalue weighted by Crippen LogP contribution is 2.44. The molecular weight excluding hydrogens is 348 g/mol. The molecule has 0 bridgehead atoms. The number of alkyl halides is 1. The van der Waals surface area contributed by atoms with Crippen molar-refractivity contribution in [3.63, 3.8) is 0 Å². The quantitative estimate of drug-likeness (QED) is 0.246. The molecule has 0 N–H and O–H groups in total. The highest BCUT2D eigenvalue weighted by atomic mass is 79.9. The molecule has 0 amide bonds. The second-order valence-corrected chi connectivity index (χ2v) is 10.2. The van der Waals surface area contributed by atoms with Crippen LogP contribution in [0, 0.1) is 16.2 Å². The van der Waals surface area contributed by atoms with E-state index in [0.29, 0.717) is 6.10 Å². The van der Waals surface area contributed by atoms with E-state index in [2.05, 4.69) is 71.3 Å². The standard InChI is InChI=1S/C21H43BrO/c1-9-10-11-12-13-14-15-18(21(7,8)19(2,3)4)23-17-20(5,6)16-22/h18H,9-17H2,1-8H3. The molecule has 23 heavy (non-hydrogen) atoms. The van der Waals surface area contributed by atoms with Gasteiger partial charge in [0, 0.05) is 5.33 Å². The van der Waals surface area contributed by atoms with Crippen molar-refractivity contribution in [2.24, 2.45) is 16.2 Å². The van der Waals surface area contributed by atoms with Crippen molar-refractivity contribution in [3.05, 3.63) is 0 Å². The van der Waals surface area contributed by atoms with E-state index in [1.54, 1.807) is 0 Å². The number of halogens is 1. The summed E-state index contributed by atoms with van der Waals surface area (Å²) in [5, 5.41) is 0.986. The molecule has 2 heteroatoms. The van der Waals surface area contributed by atoms with E-state index in [9.17, 15) is 0 Å². The molecule has 0 saturated carbocycles. The first-order valence-electron chi connectivity index (χ1n) is 9.65. The fraction of sp³-hybridized carbons (Fsp3) is 1.00. The summed E-state index contributed by atoms with van der Waals surface area (Å²) < 4.78 is 6.49. The van der Waals surface area contributed by atoms with Gasteiger partial charge in [-0.25, -0.2) is 0 Å². The first-order chi connectivity index (χ1) is 10.5. The Balaban J connectivity index is 4.63. The van der Waals surface area contributed by atoms with Crippen LogP contribution >= 0.6 is 15.9 Å². The predicted molar refractivity (Wildman–Crippen MR) is 109 cm³/mol. The molecule has 0 aliphatic carbocycles. The molecule has 0 rings (SSSR count). The van der Waals surface area contributed by atoms with Crippen LogP contribution in [0.1, 0.15) is 100 Å². The molecule has 0 aromatic heterocycles. The van der Waals surface area contributed by atoms with Crippen LogP contribution in [0.15, 0.2) is 0 Å². The Morgan fingerprint density at radius 3 is 1.83 bits per heavy atom. The van der Waals surface area contributed by atoms with Crippen LogP contribution in [-0.2, 0) is 4.74 Å². The summed E-state index contributed by atoms with van der Waals surface area (Å²) in [6.45, 7) is 19.5. The first-order valence-corrected chi connectivity index (χ1v) is 10.8. The fourth-order valence-electron chi connectivity index (χ4n) is 2.61. The average Bonchev–Trinajstić information content (AvgIpc) is 2.44. The topological polar surface area (TPSA) is 9.23 Å². The van der Waals surface area contributed by atoms with Gasteiger partial charge in [-0.3, -0.25) is 0 Å². The van der Waals surface area contributed by atoms with Crippen molar-refractivity contribution >= 4 is 15.9 Å². The van der Waals surface area contributed by atoms with Gasteiger partial charge < -0.3 is 4.74 Å². The van der Waals surface area contributed by atoms with E-state index in [4.69, 9.17) is 4.74 Å². The second kappa shape index (κ2) is 10.4. The fourth-order valence-corrected chi connectivity index (χ4v) is 2.77. The number of unbranched alkanes of at least 4 members (excludes halogenated alkanes) is 5. The van der Waals surface area contributed by atoms with E-state index in [-0.39, 0.29) is 16.2 Å². The molecule has 0 fully saturated rings. The lowest BCUT2D eigenvalue weighted by Gasteiger charge is -2.45. The minimum absolute atomic E-state index is 0.179. The molecule has 0 aromatic rings. The van der Waals surface area contributed by atoms with Crippen LogP contribution in [0.4, 0.5) is 0 Å². The van der Waals surface area contributed by atoms with Crippen molar-refractivity contribution in [3.8, 4) is 0 Å². The molecule has 0 aliphatic heterocycles. The Labute approximate surface area is 155 Å². The average molecular weight is 391 g/mol. The highest BCUT2D eigenvalue weighted by Gasteiger charge is 2.41. The first kappa shape index (κ1) is 23.4. The molecule has 0 heterocycles. The van der Waals surface area contributed by atoms with Gasteiger partial charge in [0.25, 0.3) is 0 Å². The van der Waals surface area contributed by atoms with Crippen LogP contribution in [0.25, 0.3) is 0 Å². The molecule has 140 valence electrons.